The van der Waals surface area contributed by atoms with E-state index in [1.807, 2.05) is 0 Å². The summed E-state index contributed by atoms with van der Waals surface area (Å²) in [5, 5.41) is 2.20. The quantitative estimate of drug-likeness (QED) is 0.624. The Morgan fingerprint density at radius 2 is 1.83 bits per heavy atom. The molecule has 2 aliphatic rings. The maximum Gasteiger partial charge on any atom is 0.286 e. The summed E-state index contributed by atoms with van der Waals surface area (Å²) in [7, 11) is 0. The molecule has 1 heterocycles. The molecular formula is C8H11NO2S. The van der Waals surface area contributed by atoms with Crippen molar-refractivity contribution in [2.45, 2.75) is 36.9 Å². The van der Waals surface area contributed by atoms with Crippen LogP contribution in [0.5, 0.6) is 0 Å². The Labute approximate surface area is 75.3 Å². The minimum Gasteiger partial charge on any atom is -0.286 e. The van der Waals surface area contributed by atoms with Crippen molar-refractivity contribution in [3.63, 3.8) is 0 Å². The Hall–Kier alpha value is -0.510. The molecule has 2 rings (SSSR count). The van der Waals surface area contributed by atoms with Crippen LogP contribution in [-0.2, 0) is 4.79 Å². The number of rotatable bonds is 0. The molecule has 1 saturated carbocycles. The van der Waals surface area contributed by atoms with Crippen LogP contribution in [0.1, 0.15) is 32.1 Å². The summed E-state index contributed by atoms with van der Waals surface area (Å²) in [6, 6.07) is 0. The highest BCUT2D eigenvalue weighted by molar-refractivity contribution is 8.16. The average Bonchev–Trinajstić information content (AvgIpc) is 2.29. The second-order valence-electron chi connectivity index (χ2n) is 3.40. The first-order valence-electron chi connectivity index (χ1n) is 4.27. The second kappa shape index (κ2) is 2.76. The summed E-state index contributed by atoms with van der Waals surface area (Å²) >= 11 is 1.20. The Bertz CT molecular complexity index is 233. The van der Waals surface area contributed by atoms with Crippen molar-refractivity contribution in [2.75, 3.05) is 0 Å². The highest BCUT2D eigenvalue weighted by Crippen LogP contribution is 2.43. The van der Waals surface area contributed by atoms with Gasteiger partial charge in [0.2, 0.25) is 5.91 Å². The lowest BCUT2D eigenvalue weighted by Gasteiger charge is -2.27. The molecule has 12 heavy (non-hydrogen) atoms. The van der Waals surface area contributed by atoms with Crippen molar-refractivity contribution in [1.29, 1.82) is 0 Å². The zero-order valence-corrected chi connectivity index (χ0v) is 7.58. The topological polar surface area (TPSA) is 46.2 Å². The molecule has 1 aliphatic heterocycles. The molecule has 1 aliphatic carbocycles. The van der Waals surface area contributed by atoms with Crippen molar-refractivity contribution in [3.05, 3.63) is 0 Å². The first-order chi connectivity index (χ1) is 5.73. The fourth-order valence-electron chi connectivity index (χ4n) is 1.91. The monoisotopic (exact) mass is 185 g/mol. The van der Waals surface area contributed by atoms with Gasteiger partial charge in [-0.05, 0) is 24.6 Å². The third kappa shape index (κ3) is 1.14. The molecule has 0 atom stereocenters. The van der Waals surface area contributed by atoms with Crippen LogP contribution in [0.4, 0.5) is 4.79 Å². The van der Waals surface area contributed by atoms with Gasteiger partial charge in [-0.1, -0.05) is 19.3 Å². The van der Waals surface area contributed by atoms with Crippen LogP contribution in [0, 0.1) is 0 Å². The standard InChI is InChI=1S/C8H11NO2S/c10-6-8(12-7(11)9-6)4-2-1-3-5-8/h1-5H2,(H,9,10,11). The van der Waals surface area contributed by atoms with Gasteiger partial charge in [-0.3, -0.25) is 14.9 Å². The van der Waals surface area contributed by atoms with Crippen molar-refractivity contribution >= 4 is 22.9 Å². The number of thioether (sulfide) groups is 1. The molecular weight excluding hydrogens is 174 g/mol. The van der Waals surface area contributed by atoms with Crippen LogP contribution >= 0.6 is 11.8 Å². The van der Waals surface area contributed by atoms with Crippen LogP contribution in [0.2, 0.25) is 0 Å². The maximum atomic E-state index is 11.4. The first kappa shape index (κ1) is 8.10. The number of imide groups is 1. The summed E-state index contributed by atoms with van der Waals surface area (Å²) in [6.45, 7) is 0. The molecule has 1 saturated heterocycles. The maximum absolute atomic E-state index is 11.4. The van der Waals surface area contributed by atoms with E-state index >= 15 is 0 Å². The van der Waals surface area contributed by atoms with E-state index in [1.54, 1.807) is 0 Å². The number of hydrogen-bond donors (Lipinski definition) is 1. The van der Waals surface area contributed by atoms with E-state index in [-0.39, 0.29) is 15.9 Å². The molecule has 0 aromatic rings. The molecule has 0 bridgehead atoms. The van der Waals surface area contributed by atoms with Crippen molar-refractivity contribution < 1.29 is 9.59 Å². The molecule has 0 unspecified atom stereocenters. The lowest BCUT2D eigenvalue weighted by atomic mass is 9.88. The van der Waals surface area contributed by atoms with Gasteiger partial charge in [-0.15, -0.1) is 0 Å². The molecule has 1 N–H and O–H groups in total. The SMILES string of the molecule is O=C1NC(=O)C2(CCCCC2)S1. The van der Waals surface area contributed by atoms with Gasteiger partial charge >= 0.3 is 0 Å². The minimum atomic E-state index is -0.380. The van der Waals surface area contributed by atoms with E-state index in [2.05, 4.69) is 5.32 Å². The smallest absolute Gasteiger partial charge is 0.286 e. The van der Waals surface area contributed by atoms with Gasteiger partial charge in [0.1, 0.15) is 4.75 Å². The molecule has 3 nitrogen and oxygen atoms in total. The minimum absolute atomic E-state index is 0.0581. The van der Waals surface area contributed by atoms with E-state index in [4.69, 9.17) is 0 Å². The third-order valence-corrected chi connectivity index (χ3v) is 3.85. The van der Waals surface area contributed by atoms with Gasteiger partial charge in [-0.25, -0.2) is 0 Å². The molecule has 66 valence electrons. The number of amides is 2. The van der Waals surface area contributed by atoms with Gasteiger partial charge in [0, 0.05) is 0 Å². The Balaban J connectivity index is 2.18. The molecule has 4 heteroatoms. The molecule has 0 aromatic carbocycles. The fraction of sp³-hybridized carbons (Fsp3) is 0.750. The van der Waals surface area contributed by atoms with E-state index in [0.717, 1.165) is 25.7 Å². The Morgan fingerprint density at radius 1 is 1.17 bits per heavy atom. The van der Waals surface area contributed by atoms with Crippen LogP contribution in [-0.4, -0.2) is 15.9 Å². The molecule has 1 spiro atoms. The molecule has 2 fully saturated rings. The van der Waals surface area contributed by atoms with Gasteiger partial charge in [0.15, 0.2) is 0 Å². The molecule has 2 amide bonds. The highest BCUT2D eigenvalue weighted by atomic mass is 32.2. The predicted molar refractivity (Wildman–Crippen MR) is 46.9 cm³/mol. The number of nitrogens with one attached hydrogen (secondary N) is 1. The lowest BCUT2D eigenvalue weighted by Crippen LogP contribution is -2.38. The fourth-order valence-corrected chi connectivity index (χ4v) is 3.04. The first-order valence-corrected chi connectivity index (χ1v) is 5.09. The molecule has 0 radical (unpaired) electrons. The zero-order valence-electron chi connectivity index (χ0n) is 6.76. The van der Waals surface area contributed by atoms with Gasteiger partial charge in [0.25, 0.3) is 5.24 Å². The van der Waals surface area contributed by atoms with Gasteiger partial charge < -0.3 is 0 Å². The van der Waals surface area contributed by atoms with E-state index < -0.39 is 0 Å². The van der Waals surface area contributed by atoms with Crippen molar-refractivity contribution in [3.8, 4) is 0 Å². The van der Waals surface area contributed by atoms with Crippen molar-refractivity contribution in [1.82, 2.24) is 5.32 Å². The summed E-state index contributed by atoms with van der Waals surface area (Å²) in [6.07, 6.45) is 5.09. The number of carbonyl (C=O) groups excluding carboxylic acids is 2. The van der Waals surface area contributed by atoms with Gasteiger partial charge in [0.05, 0.1) is 0 Å². The van der Waals surface area contributed by atoms with Crippen LogP contribution in [0.25, 0.3) is 0 Å². The number of carbonyl (C=O) groups is 2. The van der Waals surface area contributed by atoms with Crippen LogP contribution < -0.4 is 5.32 Å². The van der Waals surface area contributed by atoms with Crippen molar-refractivity contribution in [2.24, 2.45) is 0 Å². The lowest BCUT2D eigenvalue weighted by molar-refractivity contribution is -0.122. The normalized spacial score (nSPS) is 27.7. The van der Waals surface area contributed by atoms with Crippen LogP contribution in [0.15, 0.2) is 0 Å². The highest BCUT2D eigenvalue weighted by Gasteiger charge is 2.47. The molecule has 0 aromatic heterocycles. The summed E-state index contributed by atoms with van der Waals surface area (Å²) in [5.74, 6) is -0.0581. The Kier molecular flexibility index (Phi) is 1.87. The second-order valence-corrected chi connectivity index (χ2v) is 4.75. The largest absolute Gasteiger partial charge is 0.286 e. The van der Waals surface area contributed by atoms with E-state index in [0.29, 0.717) is 0 Å². The zero-order chi connectivity index (χ0) is 8.60. The summed E-state index contributed by atoms with van der Waals surface area (Å²) in [4.78, 5) is 22.4. The predicted octanol–water partition coefficient (Wildman–Crippen LogP) is 1.67. The Morgan fingerprint density at radius 3 is 2.33 bits per heavy atom. The van der Waals surface area contributed by atoms with E-state index in [9.17, 15) is 9.59 Å². The van der Waals surface area contributed by atoms with Crippen LogP contribution in [0.3, 0.4) is 0 Å². The average molecular weight is 185 g/mol. The van der Waals surface area contributed by atoms with Gasteiger partial charge in [-0.2, -0.15) is 0 Å². The summed E-state index contributed by atoms with van der Waals surface area (Å²) in [5.41, 5.74) is 0. The summed E-state index contributed by atoms with van der Waals surface area (Å²) < 4.78 is -0.380. The third-order valence-electron chi connectivity index (χ3n) is 2.58. The number of hydrogen-bond acceptors (Lipinski definition) is 3. The van der Waals surface area contributed by atoms with E-state index in [1.165, 1.54) is 18.2 Å².